The van der Waals surface area contributed by atoms with Gasteiger partial charge in [0.25, 0.3) is 0 Å². The van der Waals surface area contributed by atoms with E-state index in [9.17, 15) is 9.59 Å². The van der Waals surface area contributed by atoms with Crippen molar-refractivity contribution in [3.05, 3.63) is 23.8 Å². The van der Waals surface area contributed by atoms with Crippen LogP contribution in [0.1, 0.15) is 24.8 Å². The lowest BCUT2D eigenvalue weighted by atomic mass is 10.0. The van der Waals surface area contributed by atoms with Crippen molar-refractivity contribution in [1.29, 1.82) is 0 Å². The molecule has 0 bridgehead atoms. The molecule has 1 heterocycles. The minimum absolute atomic E-state index is 0.00259. The first-order valence-electron chi connectivity index (χ1n) is 7.21. The van der Waals surface area contributed by atoms with Gasteiger partial charge in [0, 0.05) is 31.6 Å². The summed E-state index contributed by atoms with van der Waals surface area (Å²) in [6.45, 7) is 1.45. The van der Waals surface area contributed by atoms with Gasteiger partial charge in [0.1, 0.15) is 5.75 Å². The van der Waals surface area contributed by atoms with Crippen LogP contribution < -0.4 is 21.1 Å². The first kappa shape index (κ1) is 15.3. The Morgan fingerprint density at radius 1 is 1.38 bits per heavy atom. The third-order valence-corrected chi connectivity index (χ3v) is 3.26. The second-order valence-electron chi connectivity index (χ2n) is 4.96. The summed E-state index contributed by atoms with van der Waals surface area (Å²) < 4.78 is 5.64. The monoisotopic (exact) mass is 291 g/mol. The van der Waals surface area contributed by atoms with E-state index >= 15 is 0 Å². The maximum Gasteiger partial charge on any atom is 0.224 e. The van der Waals surface area contributed by atoms with E-state index in [-0.39, 0.29) is 11.8 Å². The van der Waals surface area contributed by atoms with Gasteiger partial charge < -0.3 is 21.1 Å². The molecule has 2 rings (SSSR count). The number of carbonyl (C=O) groups excluding carboxylic acids is 2. The zero-order chi connectivity index (χ0) is 15.1. The molecule has 114 valence electrons. The zero-order valence-electron chi connectivity index (χ0n) is 12.0. The Kier molecular flexibility index (Phi) is 5.57. The summed E-state index contributed by atoms with van der Waals surface area (Å²) in [6, 6.07) is 5.64. The van der Waals surface area contributed by atoms with Crippen LogP contribution in [0.15, 0.2) is 18.2 Å². The second kappa shape index (κ2) is 7.64. The van der Waals surface area contributed by atoms with Crippen molar-refractivity contribution in [2.24, 2.45) is 5.73 Å². The van der Waals surface area contributed by atoms with E-state index in [4.69, 9.17) is 10.5 Å². The van der Waals surface area contributed by atoms with Crippen LogP contribution in [0.5, 0.6) is 5.75 Å². The van der Waals surface area contributed by atoms with Gasteiger partial charge in [-0.1, -0.05) is 0 Å². The van der Waals surface area contributed by atoms with Gasteiger partial charge in [-0.2, -0.15) is 0 Å². The second-order valence-corrected chi connectivity index (χ2v) is 4.96. The lowest BCUT2D eigenvalue weighted by Crippen LogP contribution is -2.29. The highest BCUT2D eigenvalue weighted by Crippen LogP contribution is 2.26. The summed E-state index contributed by atoms with van der Waals surface area (Å²) in [5, 5.41) is 5.55. The van der Waals surface area contributed by atoms with Gasteiger partial charge in [0.15, 0.2) is 0 Å². The molecule has 1 aliphatic heterocycles. The van der Waals surface area contributed by atoms with Gasteiger partial charge in [-0.25, -0.2) is 0 Å². The molecule has 0 spiro atoms. The van der Waals surface area contributed by atoms with Crippen LogP contribution >= 0.6 is 0 Å². The Bertz CT molecular complexity index is 517. The van der Waals surface area contributed by atoms with Crippen LogP contribution in [-0.2, 0) is 16.0 Å². The third kappa shape index (κ3) is 4.75. The van der Waals surface area contributed by atoms with Crippen LogP contribution in [0.3, 0.4) is 0 Å². The molecule has 0 atom stereocenters. The molecule has 0 saturated carbocycles. The fraction of sp³-hybridized carbons (Fsp3) is 0.467. The lowest BCUT2D eigenvalue weighted by Gasteiger charge is -2.17. The van der Waals surface area contributed by atoms with Crippen LogP contribution in [0, 0.1) is 0 Å². The number of carbonyl (C=O) groups is 2. The Balaban J connectivity index is 1.74. The number of anilines is 1. The van der Waals surface area contributed by atoms with Gasteiger partial charge in [-0.05, 0) is 36.6 Å². The molecule has 4 N–H and O–H groups in total. The summed E-state index contributed by atoms with van der Waals surface area (Å²) in [6.07, 6.45) is 2.34. The Morgan fingerprint density at radius 2 is 2.24 bits per heavy atom. The standard InChI is InChI=1S/C15H21N3O3/c16-7-8-17-14(19)2-1-9-21-12-4-5-13-11(10-12)3-6-15(20)18-13/h4-5,10H,1-3,6-9,16H2,(H,17,19)(H,18,20). The predicted octanol–water partition coefficient (Wildman–Crippen LogP) is 0.805. The number of fused-ring (bicyclic) bond motifs is 1. The summed E-state index contributed by atoms with van der Waals surface area (Å²) in [5.74, 6) is 0.823. The number of ether oxygens (including phenoxy) is 1. The summed E-state index contributed by atoms with van der Waals surface area (Å²) in [7, 11) is 0. The average Bonchev–Trinajstić information content (AvgIpc) is 2.49. The van der Waals surface area contributed by atoms with Crippen molar-refractivity contribution in [2.75, 3.05) is 25.0 Å². The first-order chi connectivity index (χ1) is 10.2. The number of nitrogens with two attached hydrogens (primary N) is 1. The van der Waals surface area contributed by atoms with Crippen molar-refractivity contribution in [3.63, 3.8) is 0 Å². The molecule has 0 radical (unpaired) electrons. The SMILES string of the molecule is NCCNC(=O)CCCOc1ccc2c(c1)CCC(=O)N2. The van der Waals surface area contributed by atoms with Crippen molar-refractivity contribution in [2.45, 2.75) is 25.7 Å². The van der Waals surface area contributed by atoms with E-state index in [1.54, 1.807) is 0 Å². The van der Waals surface area contributed by atoms with E-state index in [2.05, 4.69) is 10.6 Å². The maximum absolute atomic E-state index is 11.4. The van der Waals surface area contributed by atoms with Crippen LogP contribution in [0.4, 0.5) is 5.69 Å². The minimum atomic E-state index is -0.00259. The maximum atomic E-state index is 11.4. The minimum Gasteiger partial charge on any atom is -0.494 e. The topological polar surface area (TPSA) is 93.4 Å². The molecule has 0 unspecified atom stereocenters. The smallest absolute Gasteiger partial charge is 0.224 e. The Morgan fingerprint density at radius 3 is 3.05 bits per heavy atom. The van der Waals surface area contributed by atoms with E-state index in [0.717, 1.165) is 23.4 Å². The first-order valence-corrected chi connectivity index (χ1v) is 7.21. The quantitative estimate of drug-likeness (QED) is 0.648. The fourth-order valence-corrected chi connectivity index (χ4v) is 2.17. The number of aryl methyl sites for hydroxylation is 1. The van der Waals surface area contributed by atoms with Crippen molar-refractivity contribution >= 4 is 17.5 Å². The van der Waals surface area contributed by atoms with Gasteiger partial charge in [-0.15, -0.1) is 0 Å². The molecule has 1 aromatic rings. The van der Waals surface area contributed by atoms with E-state index in [1.807, 2.05) is 18.2 Å². The summed E-state index contributed by atoms with van der Waals surface area (Å²) >= 11 is 0. The van der Waals surface area contributed by atoms with Crippen molar-refractivity contribution in [3.8, 4) is 5.75 Å². The highest BCUT2D eigenvalue weighted by molar-refractivity contribution is 5.93. The molecule has 21 heavy (non-hydrogen) atoms. The molecule has 2 amide bonds. The van der Waals surface area contributed by atoms with Crippen LogP contribution in [0.25, 0.3) is 0 Å². The zero-order valence-corrected chi connectivity index (χ0v) is 12.0. The molecule has 0 fully saturated rings. The normalized spacial score (nSPS) is 13.3. The third-order valence-electron chi connectivity index (χ3n) is 3.26. The van der Waals surface area contributed by atoms with E-state index in [0.29, 0.717) is 39.0 Å². The fourth-order valence-electron chi connectivity index (χ4n) is 2.17. The molecule has 1 aliphatic rings. The summed E-state index contributed by atoms with van der Waals surface area (Å²) in [4.78, 5) is 22.6. The predicted molar refractivity (Wildman–Crippen MR) is 80.2 cm³/mol. The van der Waals surface area contributed by atoms with Crippen molar-refractivity contribution < 1.29 is 14.3 Å². The summed E-state index contributed by atoms with van der Waals surface area (Å²) in [5.41, 5.74) is 7.26. The number of amides is 2. The molecule has 0 aliphatic carbocycles. The number of hydrogen-bond donors (Lipinski definition) is 3. The molecule has 0 saturated heterocycles. The van der Waals surface area contributed by atoms with Crippen LogP contribution in [0.2, 0.25) is 0 Å². The number of benzene rings is 1. The van der Waals surface area contributed by atoms with Crippen molar-refractivity contribution in [1.82, 2.24) is 5.32 Å². The van der Waals surface area contributed by atoms with Gasteiger partial charge in [-0.3, -0.25) is 9.59 Å². The molecule has 1 aromatic carbocycles. The molecular formula is C15H21N3O3. The van der Waals surface area contributed by atoms with Crippen LogP contribution in [-0.4, -0.2) is 31.5 Å². The average molecular weight is 291 g/mol. The molecular weight excluding hydrogens is 270 g/mol. The highest BCUT2D eigenvalue weighted by Gasteiger charge is 2.14. The van der Waals surface area contributed by atoms with E-state index in [1.165, 1.54) is 0 Å². The Labute approximate surface area is 124 Å². The lowest BCUT2D eigenvalue weighted by molar-refractivity contribution is -0.121. The number of hydrogen-bond acceptors (Lipinski definition) is 4. The van der Waals surface area contributed by atoms with Gasteiger partial charge >= 0.3 is 0 Å². The van der Waals surface area contributed by atoms with E-state index < -0.39 is 0 Å². The highest BCUT2D eigenvalue weighted by atomic mass is 16.5. The molecule has 6 nitrogen and oxygen atoms in total. The number of rotatable bonds is 7. The van der Waals surface area contributed by atoms with Gasteiger partial charge in [0.05, 0.1) is 6.61 Å². The Hall–Kier alpha value is -2.08. The largest absolute Gasteiger partial charge is 0.494 e. The molecule has 0 aromatic heterocycles. The number of nitrogens with one attached hydrogen (secondary N) is 2. The molecule has 6 heteroatoms. The van der Waals surface area contributed by atoms with Gasteiger partial charge in [0.2, 0.25) is 11.8 Å².